The van der Waals surface area contributed by atoms with Crippen LogP contribution in [-0.4, -0.2) is 28.0 Å². The van der Waals surface area contributed by atoms with Crippen molar-refractivity contribution >= 4 is 0 Å². The Bertz CT molecular complexity index is 564. The van der Waals surface area contributed by atoms with E-state index in [9.17, 15) is 5.11 Å². The van der Waals surface area contributed by atoms with Gasteiger partial charge in [0, 0.05) is 17.7 Å². The van der Waals surface area contributed by atoms with Gasteiger partial charge in [-0.3, -0.25) is 4.68 Å². The van der Waals surface area contributed by atoms with Crippen LogP contribution in [0.3, 0.4) is 0 Å². The van der Waals surface area contributed by atoms with E-state index in [4.69, 9.17) is 0 Å². The van der Waals surface area contributed by atoms with E-state index >= 15 is 0 Å². The molecule has 20 heavy (non-hydrogen) atoms. The van der Waals surface area contributed by atoms with Gasteiger partial charge in [-0.05, 0) is 26.3 Å². The highest BCUT2D eigenvalue weighted by Crippen LogP contribution is 2.35. The van der Waals surface area contributed by atoms with Gasteiger partial charge in [-0.1, -0.05) is 30.3 Å². The minimum atomic E-state index is -0.278. The number of rotatable bonds is 4. The van der Waals surface area contributed by atoms with Crippen molar-refractivity contribution in [1.82, 2.24) is 15.1 Å². The van der Waals surface area contributed by atoms with Crippen LogP contribution in [0.25, 0.3) is 11.3 Å². The van der Waals surface area contributed by atoms with E-state index in [1.807, 2.05) is 36.1 Å². The van der Waals surface area contributed by atoms with E-state index in [0.29, 0.717) is 0 Å². The quantitative estimate of drug-likeness (QED) is 0.897. The van der Waals surface area contributed by atoms with E-state index in [2.05, 4.69) is 22.5 Å². The molecule has 2 atom stereocenters. The van der Waals surface area contributed by atoms with Crippen LogP contribution in [0.1, 0.15) is 30.9 Å². The molecule has 2 aromatic rings. The zero-order valence-electron chi connectivity index (χ0n) is 11.8. The summed E-state index contributed by atoms with van der Waals surface area (Å²) in [5.41, 5.74) is 3.47. The fourth-order valence-electron chi connectivity index (χ4n) is 3.09. The number of nitrogens with one attached hydrogen (secondary N) is 1. The fraction of sp³-hybridized carbons (Fsp3) is 0.438. The third-order valence-corrected chi connectivity index (χ3v) is 4.04. The number of aromatic nitrogens is 2. The van der Waals surface area contributed by atoms with Gasteiger partial charge in [-0.25, -0.2) is 0 Å². The van der Waals surface area contributed by atoms with Crippen molar-refractivity contribution in [3.63, 3.8) is 0 Å². The van der Waals surface area contributed by atoms with Gasteiger partial charge in [0.2, 0.25) is 0 Å². The van der Waals surface area contributed by atoms with E-state index < -0.39 is 0 Å². The average molecular weight is 271 g/mol. The summed E-state index contributed by atoms with van der Waals surface area (Å²) in [5.74, 6) is 0. The lowest BCUT2D eigenvalue weighted by atomic mass is 10.1. The predicted molar refractivity (Wildman–Crippen MR) is 79.3 cm³/mol. The van der Waals surface area contributed by atoms with Gasteiger partial charge in [-0.15, -0.1) is 0 Å². The van der Waals surface area contributed by atoms with Gasteiger partial charge in [0.25, 0.3) is 0 Å². The average Bonchev–Trinajstić information content (AvgIpc) is 3.06. The zero-order chi connectivity index (χ0) is 13.9. The van der Waals surface area contributed by atoms with Gasteiger partial charge >= 0.3 is 0 Å². The van der Waals surface area contributed by atoms with Crippen molar-refractivity contribution in [2.24, 2.45) is 0 Å². The van der Waals surface area contributed by atoms with E-state index in [0.717, 1.165) is 37.1 Å². The molecule has 4 heteroatoms. The summed E-state index contributed by atoms with van der Waals surface area (Å²) >= 11 is 0. The second-order valence-electron chi connectivity index (χ2n) is 5.42. The standard InChI is InChI=1S/C16H21N3O/c1-17-10-13-11-18-19(14-8-5-9-15(14)20)16(13)12-6-3-2-4-7-12/h2-4,6-7,11,14-15,17,20H,5,8-10H2,1H3. The molecule has 0 radical (unpaired) electrons. The van der Waals surface area contributed by atoms with E-state index in [1.54, 1.807) is 0 Å². The van der Waals surface area contributed by atoms with Gasteiger partial charge in [-0.2, -0.15) is 5.10 Å². The molecular weight excluding hydrogens is 250 g/mol. The summed E-state index contributed by atoms with van der Waals surface area (Å²) in [4.78, 5) is 0. The number of aliphatic hydroxyl groups is 1. The van der Waals surface area contributed by atoms with Crippen molar-refractivity contribution in [2.45, 2.75) is 38.0 Å². The number of hydrogen-bond donors (Lipinski definition) is 2. The van der Waals surface area contributed by atoms with Crippen LogP contribution in [0.4, 0.5) is 0 Å². The molecule has 2 N–H and O–H groups in total. The first kappa shape index (κ1) is 13.3. The topological polar surface area (TPSA) is 50.1 Å². The van der Waals surface area contributed by atoms with Crippen molar-refractivity contribution in [3.8, 4) is 11.3 Å². The lowest BCUT2D eigenvalue weighted by molar-refractivity contribution is 0.131. The number of hydrogen-bond acceptors (Lipinski definition) is 3. The molecule has 0 spiro atoms. The van der Waals surface area contributed by atoms with Crippen LogP contribution in [0.5, 0.6) is 0 Å². The maximum atomic E-state index is 10.2. The van der Waals surface area contributed by atoms with E-state index in [1.165, 1.54) is 5.56 Å². The molecule has 1 aromatic heterocycles. The first-order valence-corrected chi connectivity index (χ1v) is 7.25. The smallest absolute Gasteiger partial charge is 0.0785 e. The summed E-state index contributed by atoms with van der Waals surface area (Å²) in [6.07, 6.45) is 4.59. The number of benzene rings is 1. The van der Waals surface area contributed by atoms with Gasteiger partial charge < -0.3 is 10.4 Å². The lowest BCUT2D eigenvalue weighted by Crippen LogP contribution is -2.20. The molecule has 0 bridgehead atoms. The van der Waals surface area contributed by atoms with Crippen molar-refractivity contribution < 1.29 is 5.11 Å². The van der Waals surface area contributed by atoms with Gasteiger partial charge in [0.05, 0.1) is 24.0 Å². The van der Waals surface area contributed by atoms with Gasteiger partial charge in [0.15, 0.2) is 0 Å². The Morgan fingerprint density at radius 3 is 2.75 bits per heavy atom. The highest BCUT2D eigenvalue weighted by atomic mass is 16.3. The first-order chi connectivity index (χ1) is 9.81. The first-order valence-electron chi connectivity index (χ1n) is 7.25. The van der Waals surface area contributed by atoms with Crippen LogP contribution in [0.15, 0.2) is 36.5 Å². The molecule has 1 aliphatic carbocycles. The molecule has 1 saturated carbocycles. The zero-order valence-corrected chi connectivity index (χ0v) is 11.8. The summed E-state index contributed by atoms with van der Waals surface area (Å²) in [6, 6.07) is 10.4. The third-order valence-electron chi connectivity index (χ3n) is 4.04. The normalized spacial score (nSPS) is 22.3. The Hall–Kier alpha value is -1.65. The SMILES string of the molecule is CNCc1cnn(C2CCCC2O)c1-c1ccccc1. The van der Waals surface area contributed by atoms with Crippen molar-refractivity contribution in [3.05, 3.63) is 42.1 Å². The van der Waals surface area contributed by atoms with Gasteiger partial charge in [0.1, 0.15) is 0 Å². The van der Waals surface area contributed by atoms with Crippen LogP contribution in [0, 0.1) is 0 Å². The monoisotopic (exact) mass is 271 g/mol. The fourth-order valence-corrected chi connectivity index (χ4v) is 3.09. The molecule has 3 rings (SSSR count). The van der Waals surface area contributed by atoms with Crippen LogP contribution in [0.2, 0.25) is 0 Å². The Balaban J connectivity index is 2.06. The highest BCUT2D eigenvalue weighted by molar-refractivity contribution is 5.63. The molecule has 0 saturated heterocycles. The summed E-state index contributed by atoms with van der Waals surface area (Å²) < 4.78 is 2.03. The minimum Gasteiger partial charge on any atom is -0.391 e. The highest BCUT2D eigenvalue weighted by Gasteiger charge is 2.30. The second-order valence-corrected chi connectivity index (χ2v) is 5.42. The Kier molecular flexibility index (Phi) is 3.85. The molecule has 1 aliphatic rings. The molecule has 0 aliphatic heterocycles. The van der Waals surface area contributed by atoms with Crippen molar-refractivity contribution in [1.29, 1.82) is 0 Å². The lowest BCUT2D eigenvalue weighted by Gasteiger charge is -2.19. The number of nitrogens with zero attached hydrogens (tertiary/aromatic N) is 2. The summed E-state index contributed by atoms with van der Waals surface area (Å²) in [6.45, 7) is 0.785. The van der Waals surface area contributed by atoms with Crippen LogP contribution >= 0.6 is 0 Å². The molecule has 1 fully saturated rings. The largest absolute Gasteiger partial charge is 0.391 e. The Morgan fingerprint density at radius 1 is 1.30 bits per heavy atom. The Labute approximate surface area is 119 Å². The molecule has 0 amide bonds. The Morgan fingerprint density at radius 2 is 2.10 bits per heavy atom. The second kappa shape index (κ2) is 5.77. The molecule has 1 aromatic carbocycles. The molecule has 1 heterocycles. The maximum absolute atomic E-state index is 10.2. The van der Waals surface area contributed by atoms with E-state index in [-0.39, 0.29) is 12.1 Å². The van der Waals surface area contributed by atoms with Crippen molar-refractivity contribution in [2.75, 3.05) is 7.05 Å². The summed E-state index contributed by atoms with van der Waals surface area (Å²) in [5, 5.41) is 17.9. The molecule has 106 valence electrons. The molecular formula is C16H21N3O. The molecule has 4 nitrogen and oxygen atoms in total. The van der Waals surface area contributed by atoms with Crippen LogP contribution < -0.4 is 5.32 Å². The number of aliphatic hydroxyl groups excluding tert-OH is 1. The maximum Gasteiger partial charge on any atom is 0.0785 e. The van der Waals surface area contributed by atoms with Crippen LogP contribution in [-0.2, 0) is 6.54 Å². The third kappa shape index (κ3) is 2.37. The minimum absolute atomic E-state index is 0.107. The summed E-state index contributed by atoms with van der Waals surface area (Å²) in [7, 11) is 1.94. The molecule has 2 unspecified atom stereocenters. The predicted octanol–water partition coefficient (Wildman–Crippen LogP) is 2.36.